The quantitative estimate of drug-likeness (QED) is 0.736. The molecule has 2 aromatic rings. The fourth-order valence-corrected chi connectivity index (χ4v) is 2.05. The Labute approximate surface area is 102 Å². The lowest BCUT2D eigenvalue weighted by molar-refractivity contribution is 0.0926. The molecular weight excluding hydrogens is 212 g/mol. The summed E-state index contributed by atoms with van der Waals surface area (Å²) in [7, 11) is 0. The Balaban J connectivity index is 2.61. The highest BCUT2D eigenvalue weighted by Gasteiger charge is 2.22. The van der Waals surface area contributed by atoms with E-state index < -0.39 is 0 Å². The van der Waals surface area contributed by atoms with Crippen LogP contribution in [-0.2, 0) is 6.42 Å². The lowest BCUT2D eigenvalue weighted by Crippen LogP contribution is -2.11. The molecule has 0 aliphatic carbocycles. The maximum absolute atomic E-state index is 12.4. The van der Waals surface area contributed by atoms with Gasteiger partial charge in [-0.05, 0) is 12.5 Å². The summed E-state index contributed by atoms with van der Waals surface area (Å²) < 4.78 is 5.74. The molecule has 0 aliphatic heterocycles. The molecule has 1 atom stereocenters. The fourth-order valence-electron chi connectivity index (χ4n) is 2.05. The molecule has 0 saturated heterocycles. The Hall–Kier alpha value is -1.57. The molecule has 0 N–H and O–H groups in total. The molecule has 90 valence electrons. The molecule has 1 aromatic carbocycles. The van der Waals surface area contributed by atoms with Crippen molar-refractivity contribution in [2.75, 3.05) is 0 Å². The number of benzene rings is 1. The summed E-state index contributed by atoms with van der Waals surface area (Å²) in [6, 6.07) is 7.77. The van der Waals surface area contributed by atoms with Gasteiger partial charge in [-0.3, -0.25) is 4.79 Å². The molecule has 2 rings (SSSR count). The Morgan fingerprint density at radius 3 is 2.65 bits per heavy atom. The fraction of sp³-hybridized carbons (Fsp3) is 0.400. The van der Waals surface area contributed by atoms with Crippen LogP contribution in [0.5, 0.6) is 0 Å². The van der Waals surface area contributed by atoms with Gasteiger partial charge in [0, 0.05) is 17.7 Å². The van der Waals surface area contributed by atoms with Crippen LogP contribution in [0, 0.1) is 5.92 Å². The van der Waals surface area contributed by atoms with E-state index in [2.05, 4.69) is 0 Å². The molecule has 0 aliphatic rings. The van der Waals surface area contributed by atoms with Gasteiger partial charge in [-0.2, -0.15) is 0 Å². The number of aryl methyl sites for hydroxylation is 1. The van der Waals surface area contributed by atoms with E-state index in [4.69, 9.17) is 4.42 Å². The maximum atomic E-state index is 12.4. The smallest absolute Gasteiger partial charge is 0.169 e. The number of Topliss-reactive ketones (excluding diaryl/α,β-unsaturated/α-hetero) is 1. The zero-order chi connectivity index (χ0) is 12.4. The molecular formula is C15H18O2. The number of hydrogen-bond donors (Lipinski definition) is 0. The Morgan fingerprint density at radius 2 is 2.00 bits per heavy atom. The summed E-state index contributed by atoms with van der Waals surface area (Å²) in [5.74, 6) is 1.08. The van der Waals surface area contributed by atoms with Gasteiger partial charge in [0.25, 0.3) is 0 Å². The van der Waals surface area contributed by atoms with E-state index in [0.29, 0.717) is 0 Å². The average molecular weight is 230 g/mol. The van der Waals surface area contributed by atoms with E-state index in [9.17, 15) is 4.79 Å². The van der Waals surface area contributed by atoms with Gasteiger partial charge < -0.3 is 4.42 Å². The summed E-state index contributed by atoms with van der Waals surface area (Å²) in [5.41, 5.74) is 1.61. The lowest BCUT2D eigenvalue weighted by atomic mass is 9.94. The molecule has 0 amide bonds. The van der Waals surface area contributed by atoms with Crippen molar-refractivity contribution in [1.29, 1.82) is 0 Å². The molecule has 2 heteroatoms. The third-order valence-corrected chi connectivity index (χ3v) is 3.30. The number of rotatable bonds is 4. The predicted molar refractivity (Wildman–Crippen MR) is 69.4 cm³/mol. The number of carbonyl (C=O) groups is 1. The molecule has 0 fully saturated rings. The minimum atomic E-state index is 0.0568. The SMILES string of the molecule is CCc1oc2ccccc2c1C(=O)C(C)CC. The van der Waals surface area contributed by atoms with Gasteiger partial charge in [-0.15, -0.1) is 0 Å². The third kappa shape index (κ3) is 1.99. The van der Waals surface area contributed by atoms with Gasteiger partial charge in [-0.25, -0.2) is 0 Å². The first-order valence-corrected chi connectivity index (χ1v) is 6.23. The van der Waals surface area contributed by atoms with Crippen molar-refractivity contribution in [3.8, 4) is 0 Å². The largest absolute Gasteiger partial charge is 0.460 e. The van der Waals surface area contributed by atoms with Crippen LogP contribution in [0.2, 0.25) is 0 Å². The molecule has 1 aromatic heterocycles. The molecule has 1 unspecified atom stereocenters. The van der Waals surface area contributed by atoms with Crippen LogP contribution in [0.3, 0.4) is 0 Å². The van der Waals surface area contributed by atoms with Crippen LogP contribution in [-0.4, -0.2) is 5.78 Å². The number of ketones is 1. The van der Waals surface area contributed by atoms with Crippen LogP contribution in [0.25, 0.3) is 11.0 Å². The first-order chi connectivity index (χ1) is 8.19. The summed E-state index contributed by atoms with van der Waals surface area (Å²) >= 11 is 0. The Bertz CT molecular complexity index is 537. The highest BCUT2D eigenvalue weighted by molar-refractivity contribution is 6.09. The molecule has 0 bridgehead atoms. The third-order valence-electron chi connectivity index (χ3n) is 3.30. The highest BCUT2D eigenvalue weighted by atomic mass is 16.3. The van der Waals surface area contributed by atoms with E-state index in [1.54, 1.807) is 0 Å². The van der Waals surface area contributed by atoms with Crippen molar-refractivity contribution in [3.05, 3.63) is 35.6 Å². The second-order valence-corrected chi connectivity index (χ2v) is 4.42. The van der Waals surface area contributed by atoms with Crippen LogP contribution >= 0.6 is 0 Å². The van der Waals surface area contributed by atoms with Gasteiger partial charge in [0.1, 0.15) is 11.3 Å². The summed E-state index contributed by atoms with van der Waals surface area (Å²) in [4.78, 5) is 12.4. The number of furan rings is 1. The minimum Gasteiger partial charge on any atom is -0.460 e. The second kappa shape index (κ2) is 4.74. The average Bonchev–Trinajstić information content (AvgIpc) is 2.75. The van der Waals surface area contributed by atoms with Crippen LogP contribution in [0.15, 0.2) is 28.7 Å². The molecule has 0 spiro atoms. The number of fused-ring (bicyclic) bond motifs is 1. The summed E-state index contributed by atoms with van der Waals surface area (Å²) in [6.45, 7) is 6.03. The van der Waals surface area contributed by atoms with Crippen molar-refractivity contribution in [1.82, 2.24) is 0 Å². The number of carbonyl (C=O) groups excluding carboxylic acids is 1. The number of para-hydroxylation sites is 1. The zero-order valence-corrected chi connectivity index (χ0v) is 10.6. The molecule has 17 heavy (non-hydrogen) atoms. The van der Waals surface area contributed by atoms with Crippen molar-refractivity contribution < 1.29 is 9.21 Å². The predicted octanol–water partition coefficient (Wildman–Crippen LogP) is 4.22. The first-order valence-electron chi connectivity index (χ1n) is 6.23. The molecule has 0 saturated carbocycles. The van der Waals surface area contributed by atoms with Gasteiger partial charge in [0.2, 0.25) is 0 Å². The first kappa shape index (κ1) is 11.9. The Morgan fingerprint density at radius 1 is 1.29 bits per heavy atom. The maximum Gasteiger partial charge on any atom is 0.169 e. The van der Waals surface area contributed by atoms with Crippen molar-refractivity contribution in [2.24, 2.45) is 5.92 Å². The van der Waals surface area contributed by atoms with E-state index >= 15 is 0 Å². The van der Waals surface area contributed by atoms with Gasteiger partial charge in [-0.1, -0.05) is 39.0 Å². The van der Waals surface area contributed by atoms with Gasteiger partial charge >= 0.3 is 0 Å². The summed E-state index contributed by atoms with van der Waals surface area (Å²) in [6.07, 6.45) is 1.62. The molecule has 2 nitrogen and oxygen atoms in total. The van der Waals surface area contributed by atoms with E-state index in [1.807, 2.05) is 45.0 Å². The van der Waals surface area contributed by atoms with Gasteiger partial charge in [0.05, 0.1) is 5.56 Å². The van der Waals surface area contributed by atoms with E-state index in [0.717, 1.165) is 35.1 Å². The minimum absolute atomic E-state index is 0.0568. The normalized spacial score (nSPS) is 12.9. The van der Waals surface area contributed by atoms with Crippen molar-refractivity contribution in [2.45, 2.75) is 33.6 Å². The van der Waals surface area contributed by atoms with Crippen molar-refractivity contribution in [3.63, 3.8) is 0 Å². The van der Waals surface area contributed by atoms with E-state index in [-0.39, 0.29) is 11.7 Å². The number of hydrogen-bond acceptors (Lipinski definition) is 2. The van der Waals surface area contributed by atoms with Crippen molar-refractivity contribution >= 4 is 16.8 Å². The lowest BCUT2D eigenvalue weighted by Gasteiger charge is -2.07. The topological polar surface area (TPSA) is 30.2 Å². The second-order valence-electron chi connectivity index (χ2n) is 4.42. The van der Waals surface area contributed by atoms with Crippen LogP contribution in [0.1, 0.15) is 43.3 Å². The van der Waals surface area contributed by atoms with Gasteiger partial charge in [0.15, 0.2) is 5.78 Å². The summed E-state index contributed by atoms with van der Waals surface area (Å²) in [5, 5.41) is 0.953. The molecule has 1 heterocycles. The van der Waals surface area contributed by atoms with Crippen LogP contribution in [0.4, 0.5) is 0 Å². The monoisotopic (exact) mass is 230 g/mol. The van der Waals surface area contributed by atoms with E-state index in [1.165, 1.54) is 0 Å². The van der Waals surface area contributed by atoms with Crippen LogP contribution < -0.4 is 0 Å². The Kier molecular flexibility index (Phi) is 3.32. The molecule has 0 radical (unpaired) electrons. The zero-order valence-electron chi connectivity index (χ0n) is 10.6. The standard InChI is InChI=1S/C15H18O2/c1-4-10(3)15(16)14-11-8-6-7-9-13(11)17-12(14)5-2/h6-10H,4-5H2,1-3H3. The highest BCUT2D eigenvalue weighted by Crippen LogP contribution is 2.29.